The molecule has 1 saturated heterocycles. The van der Waals surface area contributed by atoms with E-state index in [0.717, 1.165) is 6.54 Å². The molecule has 1 unspecified atom stereocenters. The molecule has 0 saturated carbocycles. The van der Waals surface area contributed by atoms with Crippen LogP contribution < -0.4 is 0 Å². The molecular weight excluding hydrogens is 334 g/mol. The molecule has 144 valence electrons. The van der Waals surface area contributed by atoms with Crippen molar-refractivity contribution in [3.8, 4) is 0 Å². The second-order valence-corrected chi connectivity index (χ2v) is 8.28. The number of likely N-dealkylation sites (tertiary alicyclic amines) is 1. The van der Waals surface area contributed by atoms with Crippen LogP contribution in [-0.2, 0) is 20.9 Å². The largest absolute Gasteiger partial charge is 0.481 e. The van der Waals surface area contributed by atoms with Crippen molar-refractivity contribution in [1.29, 1.82) is 0 Å². The summed E-state index contributed by atoms with van der Waals surface area (Å²) < 4.78 is 5.44. The van der Waals surface area contributed by atoms with E-state index in [1.807, 2.05) is 18.2 Å². The van der Waals surface area contributed by atoms with E-state index in [9.17, 15) is 14.7 Å². The number of carboxylic acids is 1. The van der Waals surface area contributed by atoms with E-state index < -0.39 is 24.5 Å². The van der Waals surface area contributed by atoms with E-state index in [0.29, 0.717) is 12.8 Å². The standard InChI is InChI=1S/C20H29NO5/c1-19(2)11-15(26-18(25)16(22)10-17(23)24)12-20(3,4)21(19)13-14-8-6-5-7-9-14/h5-9,15-16,22H,10-13H2,1-4H3,(H,23,24). The third-order valence-corrected chi connectivity index (χ3v) is 5.02. The van der Waals surface area contributed by atoms with Gasteiger partial charge >= 0.3 is 11.9 Å². The van der Waals surface area contributed by atoms with E-state index >= 15 is 0 Å². The summed E-state index contributed by atoms with van der Waals surface area (Å²) >= 11 is 0. The van der Waals surface area contributed by atoms with Gasteiger partial charge in [0.25, 0.3) is 0 Å². The summed E-state index contributed by atoms with van der Waals surface area (Å²) in [5, 5.41) is 18.4. The summed E-state index contributed by atoms with van der Waals surface area (Å²) in [6.45, 7) is 9.26. The van der Waals surface area contributed by atoms with Crippen molar-refractivity contribution >= 4 is 11.9 Å². The second-order valence-electron chi connectivity index (χ2n) is 8.28. The van der Waals surface area contributed by atoms with Gasteiger partial charge in [0, 0.05) is 30.5 Å². The number of aliphatic hydroxyl groups excluding tert-OH is 1. The SMILES string of the molecule is CC1(C)CC(OC(=O)C(O)CC(=O)O)CC(C)(C)N1Cc1ccccc1. The summed E-state index contributed by atoms with van der Waals surface area (Å²) in [5.41, 5.74) is 0.779. The van der Waals surface area contributed by atoms with Crippen molar-refractivity contribution in [2.24, 2.45) is 0 Å². The Morgan fingerprint density at radius 1 is 1.15 bits per heavy atom. The molecule has 1 atom stereocenters. The fourth-order valence-electron chi connectivity index (χ4n) is 4.00. The molecular formula is C20H29NO5. The van der Waals surface area contributed by atoms with Crippen molar-refractivity contribution in [3.05, 3.63) is 35.9 Å². The van der Waals surface area contributed by atoms with Crippen molar-refractivity contribution in [2.75, 3.05) is 0 Å². The fourth-order valence-corrected chi connectivity index (χ4v) is 4.00. The Balaban J connectivity index is 2.08. The van der Waals surface area contributed by atoms with Crippen LogP contribution in [-0.4, -0.2) is 50.3 Å². The maximum Gasteiger partial charge on any atom is 0.335 e. The maximum absolute atomic E-state index is 12.0. The van der Waals surface area contributed by atoms with Crippen LogP contribution in [0.4, 0.5) is 0 Å². The molecule has 0 aromatic heterocycles. The molecule has 1 aromatic rings. The number of hydrogen-bond donors (Lipinski definition) is 2. The molecule has 0 bridgehead atoms. The van der Waals surface area contributed by atoms with Gasteiger partial charge in [0.05, 0.1) is 6.42 Å². The lowest BCUT2D eigenvalue weighted by atomic mass is 9.77. The summed E-state index contributed by atoms with van der Waals surface area (Å²) in [6, 6.07) is 10.2. The van der Waals surface area contributed by atoms with Crippen LogP contribution in [0.2, 0.25) is 0 Å². The molecule has 0 radical (unpaired) electrons. The number of aliphatic carboxylic acids is 1. The maximum atomic E-state index is 12.0. The van der Waals surface area contributed by atoms with Crippen molar-refractivity contribution in [2.45, 2.75) is 76.8 Å². The smallest absolute Gasteiger partial charge is 0.335 e. The highest BCUT2D eigenvalue weighted by Gasteiger charge is 2.46. The number of carboxylic acid groups (broad SMARTS) is 1. The number of piperidine rings is 1. The quantitative estimate of drug-likeness (QED) is 0.756. The summed E-state index contributed by atoms with van der Waals surface area (Å²) in [4.78, 5) is 25.1. The number of nitrogens with zero attached hydrogens (tertiary/aromatic N) is 1. The minimum atomic E-state index is -1.62. The molecule has 1 aromatic carbocycles. The zero-order chi connectivity index (χ0) is 19.5. The Hall–Kier alpha value is -1.92. The lowest BCUT2D eigenvalue weighted by Crippen LogP contribution is -2.61. The van der Waals surface area contributed by atoms with Gasteiger partial charge in [-0.1, -0.05) is 30.3 Å². The molecule has 0 spiro atoms. The van der Waals surface area contributed by atoms with E-state index in [4.69, 9.17) is 9.84 Å². The highest BCUT2D eigenvalue weighted by atomic mass is 16.6. The number of esters is 1. The predicted molar refractivity (Wildman–Crippen MR) is 97.5 cm³/mol. The molecule has 6 nitrogen and oxygen atoms in total. The summed E-state index contributed by atoms with van der Waals surface area (Å²) in [6.07, 6.45) is -1.38. The number of ether oxygens (including phenoxy) is 1. The Kier molecular flexibility index (Phi) is 6.09. The van der Waals surface area contributed by atoms with Gasteiger partial charge in [0.1, 0.15) is 6.10 Å². The zero-order valence-electron chi connectivity index (χ0n) is 15.9. The van der Waals surface area contributed by atoms with Crippen LogP contribution in [0.15, 0.2) is 30.3 Å². The predicted octanol–water partition coefficient (Wildman–Crippen LogP) is 2.59. The Morgan fingerprint density at radius 3 is 2.19 bits per heavy atom. The van der Waals surface area contributed by atoms with Gasteiger partial charge in [0.15, 0.2) is 6.10 Å². The zero-order valence-corrected chi connectivity index (χ0v) is 15.9. The van der Waals surface area contributed by atoms with Gasteiger partial charge in [-0.05, 0) is 33.3 Å². The molecule has 26 heavy (non-hydrogen) atoms. The molecule has 1 fully saturated rings. The van der Waals surface area contributed by atoms with Gasteiger partial charge < -0.3 is 14.9 Å². The summed E-state index contributed by atoms with van der Waals surface area (Å²) in [5.74, 6) is -2.09. The molecule has 0 aliphatic carbocycles. The van der Waals surface area contributed by atoms with Crippen LogP contribution >= 0.6 is 0 Å². The molecule has 1 heterocycles. The van der Waals surface area contributed by atoms with Crippen molar-refractivity contribution in [3.63, 3.8) is 0 Å². The first-order valence-electron chi connectivity index (χ1n) is 8.93. The normalized spacial score (nSPS) is 21.1. The second kappa shape index (κ2) is 7.76. The number of hydrogen-bond acceptors (Lipinski definition) is 5. The van der Waals surface area contributed by atoms with E-state index in [1.54, 1.807) is 0 Å². The number of aliphatic hydroxyl groups is 1. The Labute approximate surface area is 154 Å². The first kappa shape index (κ1) is 20.4. The molecule has 2 N–H and O–H groups in total. The van der Waals surface area contributed by atoms with Crippen molar-refractivity contribution in [1.82, 2.24) is 4.90 Å². The van der Waals surface area contributed by atoms with Crippen LogP contribution in [0, 0.1) is 0 Å². The van der Waals surface area contributed by atoms with Gasteiger partial charge in [0.2, 0.25) is 0 Å². The average molecular weight is 363 g/mol. The first-order valence-corrected chi connectivity index (χ1v) is 8.93. The number of rotatable bonds is 6. The summed E-state index contributed by atoms with van der Waals surface area (Å²) in [7, 11) is 0. The van der Waals surface area contributed by atoms with E-state index in [-0.39, 0.29) is 17.2 Å². The third kappa shape index (κ3) is 5.05. The Bertz CT molecular complexity index is 623. The van der Waals surface area contributed by atoms with Crippen LogP contribution in [0.5, 0.6) is 0 Å². The topological polar surface area (TPSA) is 87.1 Å². The molecule has 1 aliphatic rings. The van der Waals surface area contributed by atoms with Gasteiger partial charge in [-0.15, -0.1) is 0 Å². The van der Waals surface area contributed by atoms with Crippen LogP contribution in [0.25, 0.3) is 0 Å². The van der Waals surface area contributed by atoms with E-state index in [2.05, 4.69) is 44.7 Å². The van der Waals surface area contributed by atoms with Crippen LogP contribution in [0.3, 0.4) is 0 Å². The monoisotopic (exact) mass is 363 g/mol. The van der Waals surface area contributed by atoms with Crippen molar-refractivity contribution < 1.29 is 24.5 Å². The van der Waals surface area contributed by atoms with Gasteiger partial charge in [-0.2, -0.15) is 0 Å². The molecule has 2 rings (SSSR count). The first-order chi connectivity index (χ1) is 12.0. The third-order valence-electron chi connectivity index (χ3n) is 5.02. The number of benzene rings is 1. The highest BCUT2D eigenvalue weighted by molar-refractivity contribution is 5.80. The average Bonchev–Trinajstić information content (AvgIpc) is 2.50. The fraction of sp³-hybridized carbons (Fsp3) is 0.600. The lowest BCUT2D eigenvalue weighted by Gasteiger charge is -2.55. The molecule has 0 amide bonds. The van der Waals surface area contributed by atoms with Gasteiger partial charge in [-0.3, -0.25) is 9.69 Å². The van der Waals surface area contributed by atoms with Gasteiger partial charge in [-0.25, -0.2) is 4.79 Å². The van der Waals surface area contributed by atoms with E-state index in [1.165, 1.54) is 5.56 Å². The Morgan fingerprint density at radius 2 is 1.69 bits per heavy atom. The lowest BCUT2D eigenvalue weighted by molar-refractivity contribution is -0.172. The molecule has 1 aliphatic heterocycles. The number of carbonyl (C=O) groups is 2. The minimum absolute atomic E-state index is 0.222. The van der Waals surface area contributed by atoms with Crippen LogP contribution in [0.1, 0.15) is 52.5 Å². The molecule has 6 heteroatoms. The highest BCUT2D eigenvalue weighted by Crippen LogP contribution is 2.40. The number of carbonyl (C=O) groups excluding carboxylic acids is 1. The minimum Gasteiger partial charge on any atom is -0.481 e.